The van der Waals surface area contributed by atoms with Crippen LogP contribution < -0.4 is 0 Å². The highest BCUT2D eigenvalue weighted by molar-refractivity contribution is 6.32. The molecule has 2 aromatic rings. The van der Waals surface area contributed by atoms with Crippen LogP contribution in [0.4, 0.5) is 0 Å². The molecule has 1 aliphatic heterocycles. The zero-order valence-electron chi connectivity index (χ0n) is 12.5. The molecule has 3 rings (SSSR count). The van der Waals surface area contributed by atoms with E-state index in [1.165, 1.54) is 0 Å². The molecule has 0 saturated carbocycles. The van der Waals surface area contributed by atoms with Gasteiger partial charge in [-0.05, 0) is 38.0 Å². The normalized spacial score (nSPS) is 19.2. The van der Waals surface area contributed by atoms with Crippen molar-refractivity contribution in [1.82, 2.24) is 10.2 Å². The Morgan fingerprint density at radius 3 is 2.87 bits per heavy atom. The minimum atomic E-state index is -0.665. The van der Waals surface area contributed by atoms with Crippen LogP contribution in [0.25, 0.3) is 11.5 Å². The van der Waals surface area contributed by atoms with Gasteiger partial charge in [0.1, 0.15) is 0 Å². The lowest BCUT2D eigenvalue weighted by Crippen LogP contribution is -2.19. The van der Waals surface area contributed by atoms with Crippen LogP contribution in [-0.2, 0) is 14.3 Å². The van der Waals surface area contributed by atoms with E-state index >= 15 is 0 Å². The molecule has 2 heterocycles. The Labute approximate surface area is 137 Å². The number of ether oxygens (including phenoxy) is 2. The maximum absolute atomic E-state index is 10.3. The molecule has 1 saturated heterocycles. The van der Waals surface area contributed by atoms with Crippen molar-refractivity contribution in [2.45, 2.75) is 25.7 Å². The molecule has 7 heteroatoms. The average Bonchev–Trinajstić information content (AvgIpc) is 3.12. The van der Waals surface area contributed by atoms with E-state index in [0.29, 0.717) is 40.8 Å². The molecule has 0 radical (unpaired) electrons. The maximum Gasteiger partial charge on any atom is 0.248 e. The summed E-state index contributed by atoms with van der Waals surface area (Å²) >= 11 is 6.13. The van der Waals surface area contributed by atoms with Gasteiger partial charge >= 0.3 is 0 Å². The van der Waals surface area contributed by atoms with Gasteiger partial charge in [-0.2, -0.15) is 0 Å². The maximum atomic E-state index is 10.3. The van der Waals surface area contributed by atoms with E-state index < -0.39 is 5.79 Å². The number of rotatable bonds is 2. The second kappa shape index (κ2) is 6.13. The molecule has 118 valence electrons. The van der Waals surface area contributed by atoms with Crippen molar-refractivity contribution < 1.29 is 18.7 Å². The summed E-state index contributed by atoms with van der Waals surface area (Å²) in [5.41, 5.74) is 1.21. The Morgan fingerprint density at radius 1 is 1.39 bits per heavy atom. The number of hydrogen-bond acceptors (Lipinski definition) is 6. The highest BCUT2D eigenvalue weighted by atomic mass is 35.5. The molecule has 1 aromatic heterocycles. The molecule has 0 amide bonds. The van der Waals surface area contributed by atoms with E-state index in [9.17, 15) is 4.79 Å². The summed E-state index contributed by atoms with van der Waals surface area (Å²) in [6.45, 7) is 4.00. The molecule has 0 aliphatic carbocycles. The van der Waals surface area contributed by atoms with E-state index in [-0.39, 0.29) is 6.10 Å². The molecule has 6 nitrogen and oxygen atoms in total. The van der Waals surface area contributed by atoms with Gasteiger partial charge in [0.25, 0.3) is 0 Å². The largest absolute Gasteiger partial charge is 0.418 e. The Kier molecular flexibility index (Phi) is 4.18. The molecule has 1 fully saturated rings. The lowest BCUT2D eigenvalue weighted by molar-refractivity contribution is -0.141. The topological polar surface area (TPSA) is 74.5 Å². The average molecular weight is 333 g/mol. The molecule has 1 aromatic carbocycles. The number of carbonyl (C=O) groups excluding carboxylic acids is 1. The first-order valence-corrected chi connectivity index (χ1v) is 7.26. The Morgan fingerprint density at radius 2 is 2.22 bits per heavy atom. The van der Waals surface area contributed by atoms with E-state index in [2.05, 4.69) is 22.0 Å². The van der Waals surface area contributed by atoms with E-state index in [4.69, 9.17) is 25.5 Å². The first-order chi connectivity index (χ1) is 11.0. The molecule has 23 heavy (non-hydrogen) atoms. The first-order valence-electron chi connectivity index (χ1n) is 6.89. The predicted molar refractivity (Wildman–Crippen MR) is 81.5 cm³/mol. The molecule has 0 spiro atoms. The third kappa shape index (κ3) is 3.42. The number of carbonyl (C=O) groups is 1. The summed E-state index contributed by atoms with van der Waals surface area (Å²) in [6, 6.07) is 5.09. The van der Waals surface area contributed by atoms with Gasteiger partial charge in [-0.3, -0.25) is 4.79 Å². The van der Waals surface area contributed by atoms with Gasteiger partial charge in [-0.25, -0.2) is 0 Å². The SMILES string of the molecule is CC1(C)OCC(c2nnc(-c3ccc(C#CC=O)c(Cl)c3)o2)O1. The molecule has 1 atom stereocenters. The summed E-state index contributed by atoms with van der Waals surface area (Å²) in [6.07, 6.45) is 0.124. The van der Waals surface area contributed by atoms with Gasteiger partial charge in [0.05, 0.1) is 11.6 Å². The van der Waals surface area contributed by atoms with Crippen molar-refractivity contribution in [2.24, 2.45) is 0 Å². The molecule has 1 unspecified atom stereocenters. The summed E-state index contributed by atoms with van der Waals surface area (Å²) in [5, 5.41) is 8.41. The fraction of sp³-hybridized carbons (Fsp3) is 0.312. The second-order valence-electron chi connectivity index (χ2n) is 5.34. The van der Waals surface area contributed by atoms with Crippen LogP contribution in [0.2, 0.25) is 5.02 Å². The van der Waals surface area contributed by atoms with Gasteiger partial charge in [0, 0.05) is 11.1 Å². The predicted octanol–water partition coefficient (Wildman–Crippen LogP) is 2.76. The van der Waals surface area contributed by atoms with Gasteiger partial charge in [0.15, 0.2) is 18.2 Å². The van der Waals surface area contributed by atoms with Crippen molar-refractivity contribution in [2.75, 3.05) is 6.61 Å². The standard InChI is InChI=1S/C16H13ClN2O4/c1-16(2)21-9-13(23-16)15-19-18-14(22-15)11-6-5-10(4-3-7-20)12(17)8-11/h5-8,13H,9H2,1-2H3. The van der Waals surface area contributed by atoms with Crippen LogP contribution in [0.15, 0.2) is 22.6 Å². The summed E-state index contributed by atoms with van der Waals surface area (Å²) in [5.74, 6) is 4.98. The lowest BCUT2D eigenvalue weighted by Gasteiger charge is -2.15. The fourth-order valence-electron chi connectivity index (χ4n) is 2.15. The number of halogens is 1. The minimum Gasteiger partial charge on any atom is -0.418 e. The summed E-state index contributed by atoms with van der Waals surface area (Å²) in [7, 11) is 0. The van der Waals surface area contributed by atoms with Gasteiger partial charge in [0.2, 0.25) is 11.8 Å². The molecular formula is C16H13ClN2O4. The van der Waals surface area contributed by atoms with Crippen LogP contribution in [0.5, 0.6) is 0 Å². The van der Waals surface area contributed by atoms with Gasteiger partial charge in [-0.15, -0.1) is 10.2 Å². The van der Waals surface area contributed by atoms with Crippen molar-refractivity contribution in [1.29, 1.82) is 0 Å². The molecule has 1 aliphatic rings. The zero-order valence-corrected chi connectivity index (χ0v) is 13.3. The lowest BCUT2D eigenvalue weighted by atomic mass is 10.1. The van der Waals surface area contributed by atoms with Crippen LogP contribution in [0.1, 0.15) is 31.4 Å². The van der Waals surface area contributed by atoms with Crippen LogP contribution >= 0.6 is 11.6 Å². The summed E-state index contributed by atoms with van der Waals surface area (Å²) in [4.78, 5) is 10.3. The van der Waals surface area contributed by atoms with Crippen LogP contribution in [-0.4, -0.2) is 28.9 Å². The third-order valence-electron chi connectivity index (χ3n) is 3.21. The molecule has 0 bridgehead atoms. The minimum absolute atomic E-state index is 0.324. The van der Waals surface area contributed by atoms with Crippen molar-refractivity contribution >= 4 is 17.9 Å². The highest BCUT2D eigenvalue weighted by Gasteiger charge is 2.36. The first kappa shape index (κ1) is 15.7. The van der Waals surface area contributed by atoms with Crippen LogP contribution in [0, 0.1) is 11.8 Å². The third-order valence-corrected chi connectivity index (χ3v) is 3.52. The number of hydrogen-bond donors (Lipinski definition) is 0. The molecule has 0 N–H and O–H groups in total. The number of nitrogens with zero attached hydrogens (tertiary/aromatic N) is 2. The van der Waals surface area contributed by atoms with Crippen LogP contribution in [0.3, 0.4) is 0 Å². The second-order valence-corrected chi connectivity index (χ2v) is 5.75. The monoisotopic (exact) mass is 332 g/mol. The quantitative estimate of drug-likeness (QED) is 0.622. The smallest absolute Gasteiger partial charge is 0.248 e. The number of aromatic nitrogens is 2. The van der Waals surface area contributed by atoms with Crippen molar-refractivity contribution in [3.63, 3.8) is 0 Å². The number of benzene rings is 1. The Hall–Kier alpha value is -2.20. The van der Waals surface area contributed by atoms with E-state index in [1.807, 2.05) is 13.8 Å². The van der Waals surface area contributed by atoms with E-state index in [0.717, 1.165) is 0 Å². The summed E-state index contributed by atoms with van der Waals surface area (Å²) < 4.78 is 16.8. The van der Waals surface area contributed by atoms with Crippen molar-refractivity contribution in [3.05, 3.63) is 34.7 Å². The van der Waals surface area contributed by atoms with Crippen molar-refractivity contribution in [3.8, 4) is 23.3 Å². The fourth-order valence-corrected chi connectivity index (χ4v) is 2.37. The Balaban J connectivity index is 1.83. The Bertz CT molecular complexity index is 804. The van der Waals surface area contributed by atoms with E-state index in [1.54, 1.807) is 18.2 Å². The molecular weight excluding hydrogens is 320 g/mol. The van der Waals surface area contributed by atoms with Gasteiger partial charge in [-0.1, -0.05) is 17.5 Å². The van der Waals surface area contributed by atoms with Gasteiger partial charge < -0.3 is 13.9 Å². The highest BCUT2D eigenvalue weighted by Crippen LogP contribution is 2.33. The zero-order chi connectivity index (χ0) is 16.4. The number of aldehydes is 1.